The molecule has 1 fully saturated rings. The Labute approximate surface area is 113 Å². The van der Waals surface area contributed by atoms with Gasteiger partial charge in [0.05, 0.1) is 5.69 Å². The Balaban J connectivity index is 2.10. The van der Waals surface area contributed by atoms with Gasteiger partial charge in [-0.15, -0.1) is 0 Å². The largest absolute Gasteiger partial charge is 0.383 e. The van der Waals surface area contributed by atoms with Gasteiger partial charge >= 0.3 is 0 Å². The maximum atomic E-state index is 6.06. The maximum absolute atomic E-state index is 6.06. The highest BCUT2D eigenvalue weighted by Gasteiger charge is 2.48. The quantitative estimate of drug-likeness (QED) is 0.890. The summed E-state index contributed by atoms with van der Waals surface area (Å²) in [7, 11) is 0. The van der Waals surface area contributed by atoms with Gasteiger partial charge in [-0.1, -0.05) is 44.2 Å². The number of nitrogens with zero attached hydrogens (tertiary/aromatic N) is 2. The summed E-state index contributed by atoms with van der Waals surface area (Å²) in [6.45, 7) is 6.48. The zero-order valence-electron chi connectivity index (χ0n) is 11.6. The van der Waals surface area contributed by atoms with Crippen LogP contribution in [-0.4, -0.2) is 9.97 Å². The van der Waals surface area contributed by atoms with Crippen LogP contribution in [0.15, 0.2) is 30.3 Å². The summed E-state index contributed by atoms with van der Waals surface area (Å²) in [6, 6.07) is 10.2. The fraction of sp³-hybridized carbons (Fsp3) is 0.375. The van der Waals surface area contributed by atoms with Crippen LogP contribution < -0.4 is 5.73 Å². The topological polar surface area (TPSA) is 51.8 Å². The van der Waals surface area contributed by atoms with E-state index in [0.29, 0.717) is 17.2 Å². The summed E-state index contributed by atoms with van der Waals surface area (Å²) in [5.74, 6) is 1.94. The van der Waals surface area contributed by atoms with E-state index in [9.17, 15) is 0 Å². The molecule has 98 valence electrons. The third-order valence-corrected chi connectivity index (χ3v) is 4.07. The molecule has 0 spiro atoms. The molecule has 0 radical (unpaired) electrons. The highest BCUT2D eigenvalue weighted by Crippen LogP contribution is 2.57. The van der Waals surface area contributed by atoms with Crippen LogP contribution in [0.3, 0.4) is 0 Å². The van der Waals surface area contributed by atoms with Crippen molar-refractivity contribution in [2.45, 2.75) is 33.1 Å². The van der Waals surface area contributed by atoms with Crippen LogP contribution in [0.2, 0.25) is 0 Å². The van der Waals surface area contributed by atoms with Crippen LogP contribution in [0.4, 0.5) is 5.82 Å². The summed E-state index contributed by atoms with van der Waals surface area (Å²) in [6.07, 6.45) is 1.14. The predicted molar refractivity (Wildman–Crippen MR) is 77.8 cm³/mol. The van der Waals surface area contributed by atoms with Gasteiger partial charge in [0.2, 0.25) is 0 Å². The highest BCUT2D eigenvalue weighted by molar-refractivity contribution is 5.67. The number of benzene rings is 1. The zero-order chi connectivity index (χ0) is 13.6. The molecule has 3 rings (SSSR count). The Morgan fingerprint density at radius 1 is 1.16 bits per heavy atom. The van der Waals surface area contributed by atoms with E-state index in [2.05, 4.69) is 31.0 Å². The second-order valence-corrected chi connectivity index (χ2v) is 6.05. The molecule has 1 aliphatic carbocycles. The molecule has 0 bridgehead atoms. The molecule has 3 heteroatoms. The number of hydrogen-bond donors (Lipinski definition) is 1. The smallest absolute Gasteiger partial charge is 0.135 e. The minimum absolute atomic E-state index is 0.315. The van der Waals surface area contributed by atoms with Crippen molar-refractivity contribution in [3.05, 3.63) is 41.7 Å². The summed E-state index contributed by atoms with van der Waals surface area (Å²) in [4.78, 5) is 9.25. The lowest BCUT2D eigenvalue weighted by Crippen LogP contribution is -2.05. The van der Waals surface area contributed by atoms with E-state index in [4.69, 9.17) is 10.7 Å². The van der Waals surface area contributed by atoms with E-state index in [1.807, 2.05) is 25.1 Å². The Bertz CT molecular complexity index is 617. The van der Waals surface area contributed by atoms with Gasteiger partial charge in [0.15, 0.2) is 0 Å². The summed E-state index contributed by atoms with van der Waals surface area (Å²) >= 11 is 0. The first-order valence-corrected chi connectivity index (χ1v) is 6.68. The monoisotopic (exact) mass is 253 g/mol. The molecule has 1 heterocycles. The SMILES string of the molecule is Cc1c(N)nc(C2CC2(C)C)nc1-c1ccccc1. The molecule has 1 aliphatic rings. The first-order chi connectivity index (χ1) is 8.99. The second kappa shape index (κ2) is 4.05. The third kappa shape index (κ3) is 2.09. The molecular weight excluding hydrogens is 234 g/mol. The maximum Gasteiger partial charge on any atom is 0.135 e. The Kier molecular flexibility index (Phi) is 2.59. The Morgan fingerprint density at radius 2 is 1.79 bits per heavy atom. The van der Waals surface area contributed by atoms with Gasteiger partial charge in [0.1, 0.15) is 11.6 Å². The molecule has 0 amide bonds. The molecular formula is C16H19N3. The molecule has 1 aromatic carbocycles. The predicted octanol–water partition coefficient (Wildman–Crippen LogP) is 3.55. The standard InChI is InChI=1S/C16H19N3/c1-10-13(11-7-5-4-6-8-11)18-15(19-14(10)17)12-9-16(12,2)3/h4-8,12H,9H2,1-3H3,(H2,17,18,19). The number of rotatable bonds is 2. The Morgan fingerprint density at radius 3 is 2.37 bits per heavy atom. The summed E-state index contributed by atoms with van der Waals surface area (Å²) in [5, 5.41) is 0. The lowest BCUT2D eigenvalue weighted by atomic mass is 10.1. The van der Waals surface area contributed by atoms with Crippen molar-refractivity contribution in [3.8, 4) is 11.3 Å². The molecule has 0 aliphatic heterocycles. The fourth-order valence-electron chi connectivity index (χ4n) is 2.49. The van der Waals surface area contributed by atoms with Crippen LogP contribution in [0, 0.1) is 12.3 Å². The van der Waals surface area contributed by atoms with Gasteiger partial charge in [-0.05, 0) is 18.8 Å². The third-order valence-electron chi connectivity index (χ3n) is 4.07. The van der Waals surface area contributed by atoms with Crippen molar-refractivity contribution >= 4 is 5.82 Å². The van der Waals surface area contributed by atoms with Gasteiger partial charge in [-0.3, -0.25) is 0 Å². The lowest BCUT2D eigenvalue weighted by Gasteiger charge is -2.11. The molecule has 1 aromatic heterocycles. The van der Waals surface area contributed by atoms with Gasteiger partial charge in [0.25, 0.3) is 0 Å². The van der Waals surface area contributed by atoms with Crippen LogP contribution in [0.1, 0.15) is 37.6 Å². The number of aromatic nitrogens is 2. The summed E-state index contributed by atoms with van der Waals surface area (Å²) in [5.41, 5.74) is 9.41. The zero-order valence-corrected chi connectivity index (χ0v) is 11.6. The van der Waals surface area contributed by atoms with Crippen LogP contribution in [0.25, 0.3) is 11.3 Å². The number of anilines is 1. The van der Waals surface area contributed by atoms with Crippen LogP contribution >= 0.6 is 0 Å². The molecule has 1 saturated carbocycles. The molecule has 1 unspecified atom stereocenters. The van der Waals surface area contributed by atoms with Gasteiger partial charge < -0.3 is 5.73 Å². The Hall–Kier alpha value is -1.90. The van der Waals surface area contributed by atoms with Gasteiger partial charge in [-0.2, -0.15) is 0 Å². The normalized spacial score (nSPS) is 20.3. The average Bonchev–Trinajstić information content (AvgIpc) is 3.03. The number of nitrogens with two attached hydrogens (primary N) is 1. The van der Waals surface area contributed by atoms with E-state index in [0.717, 1.165) is 29.1 Å². The number of hydrogen-bond acceptors (Lipinski definition) is 3. The van der Waals surface area contributed by atoms with Gasteiger partial charge in [-0.25, -0.2) is 9.97 Å². The minimum atomic E-state index is 0.315. The van der Waals surface area contributed by atoms with E-state index < -0.39 is 0 Å². The van der Waals surface area contributed by atoms with Gasteiger partial charge in [0, 0.05) is 17.0 Å². The average molecular weight is 253 g/mol. The number of nitrogen functional groups attached to an aromatic ring is 1. The van der Waals surface area contributed by atoms with E-state index in [1.54, 1.807) is 0 Å². The summed E-state index contributed by atoms with van der Waals surface area (Å²) < 4.78 is 0. The van der Waals surface area contributed by atoms with Crippen molar-refractivity contribution in [2.75, 3.05) is 5.73 Å². The second-order valence-electron chi connectivity index (χ2n) is 6.05. The van der Waals surface area contributed by atoms with E-state index in [1.165, 1.54) is 0 Å². The molecule has 2 aromatic rings. The molecule has 19 heavy (non-hydrogen) atoms. The molecule has 1 atom stereocenters. The molecule has 0 saturated heterocycles. The highest BCUT2D eigenvalue weighted by atomic mass is 15.0. The van der Waals surface area contributed by atoms with Crippen LogP contribution in [0.5, 0.6) is 0 Å². The van der Waals surface area contributed by atoms with Crippen molar-refractivity contribution in [2.24, 2.45) is 5.41 Å². The first-order valence-electron chi connectivity index (χ1n) is 6.68. The van der Waals surface area contributed by atoms with E-state index >= 15 is 0 Å². The fourth-order valence-corrected chi connectivity index (χ4v) is 2.49. The first kappa shape index (κ1) is 12.2. The molecule has 3 nitrogen and oxygen atoms in total. The minimum Gasteiger partial charge on any atom is -0.383 e. The van der Waals surface area contributed by atoms with Crippen LogP contribution in [-0.2, 0) is 0 Å². The van der Waals surface area contributed by atoms with E-state index in [-0.39, 0.29) is 0 Å². The lowest BCUT2D eigenvalue weighted by molar-refractivity contribution is 0.609. The van der Waals surface area contributed by atoms with Crippen molar-refractivity contribution in [3.63, 3.8) is 0 Å². The molecule has 2 N–H and O–H groups in total. The van der Waals surface area contributed by atoms with Crippen molar-refractivity contribution in [1.29, 1.82) is 0 Å². The van der Waals surface area contributed by atoms with Crippen molar-refractivity contribution in [1.82, 2.24) is 9.97 Å². The van der Waals surface area contributed by atoms with Crippen molar-refractivity contribution < 1.29 is 0 Å².